The van der Waals surface area contributed by atoms with E-state index in [1.54, 1.807) is 14.2 Å². The van der Waals surface area contributed by atoms with Crippen molar-refractivity contribution < 1.29 is 14.6 Å². The summed E-state index contributed by atoms with van der Waals surface area (Å²) >= 11 is 0. The Kier molecular flexibility index (Phi) is 8.96. The number of benzene rings is 4. The molecule has 0 radical (unpaired) electrons. The van der Waals surface area contributed by atoms with Crippen LogP contribution in [0.3, 0.4) is 0 Å². The molecule has 4 aromatic rings. The van der Waals surface area contributed by atoms with Gasteiger partial charge in [0.15, 0.2) is 0 Å². The minimum Gasteiger partial charge on any atom is -0.496 e. The zero-order chi connectivity index (χ0) is 28.4. The molecule has 0 heterocycles. The summed E-state index contributed by atoms with van der Waals surface area (Å²) in [6.45, 7) is 8.61. The van der Waals surface area contributed by atoms with Gasteiger partial charge in [-0.15, -0.1) is 0 Å². The minimum absolute atomic E-state index is 0.0864. The third-order valence-electron chi connectivity index (χ3n) is 8.00. The van der Waals surface area contributed by atoms with Crippen LogP contribution in [0.4, 0.5) is 0 Å². The van der Waals surface area contributed by atoms with Crippen molar-refractivity contribution in [3.63, 3.8) is 0 Å². The average Bonchev–Trinajstić information content (AvgIpc) is 2.90. The predicted octanol–water partition coefficient (Wildman–Crippen LogP) is 5.57. The number of aliphatic hydroxyl groups is 1. The Morgan fingerprint density at radius 1 is 0.600 bits per heavy atom. The van der Waals surface area contributed by atoms with Crippen molar-refractivity contribution in [3.8, 4) is 11.5 Å². The summed E-state index contributed by atoms with van der Waals surface area (Å²) in [4.78, 5) is 0. The molecule has 0 fully saturated rings. The lowest BCUT2D eigenvalue weighted by atomic mass is 9.93. The molecule has 2 atom stereocenters. The summed E-state index contributed by atoms with van der Waals surface area (Å²) in [5.74, 6) is 1.97. The molecule has 40 heavy (non-hydrogen) atoms. The lowest BCUT2D eigenvalue weighted by molar-refractivity contribution is 0.280. The fourth-order valence-corrected chi connectivity index (χ4v) is 9.11. The van der Waals surface area contributed by atoms with Crippen molar-refractivity contribution >= 4 is 38.4 Å². The Balaban J connectivity index is 1.48. The summed E-state index contributed by atoms with van der Waals surface area (Å²) < 4.78 is 11.2. The average molecular weight is 571 g/mol. The first-order chi connectivity index (χ1) is 19.3. The molecule has 4 aromatic carbocycles. The molecule has 208 valence electrons. The fraction of sp³-hybridized carbons (Fsp3) is 0.314. The van der Waals surface area contributed by atoms with E-state index in [-0.39, 0.29) is 6.61 Å². The SMILES string of the molecule is COc1c(C)cc(Pc2cc3c(CO)cc2CCc2ccc(c(Pc4cc(C)c(OC)c(C)c4)c2)CC3)cc1C. The van der Waals surface area contributed by atoms with Crippen molar-refractivity contribution in [1.29, 1.82) is 0 Å². The topological polar surface area (TPSA) is 38.7 Å². The molecule has 5 heteroatoms. The van der Waals surface area contributed by atoms with E-state index >= 15 is 0 Å². The molecule has 1 N–H and O–H groups in total. The van der Waals surface area contributed by atoms with E-state index < -0.39 is 0 Å². The quantitative estimate of drug-likeness (QED) is 0.295. The first kappa shape index (κ1) is 28.8. The van der Waals surface area contributed by atoms with Crippen molar-refractivity contribution in [2.24, 2.45) is 0 Å². The summed E-state index contributed by atoms with van der Waals surface area (Å²) in [7, 11) is 4.68. The Morgan fingerprint density at radius 3 is 1.62 bits per heavy atom. The third-order valence-corrected chi connectivity index (χ3v) is 10.6. The van der Waals surface area contributed by atoms with E-state index in [2.05, 4.69) is 82.3 Å². The highest BCUT2D eigenvalue weighted by molar-refractivity contribution is 7.56. The van der Waals surface area contributed by atoms with Crippen LogP contribution in [0.2, 0.25) is 0 Å². The Morgan fingerprint density at radius 2 is 1.10 bits per heavy atom. The standard InChI is InChI=1S/C35H40O3P2/c1-21-13-30(14-22(2)34(21)37-5)39-32-17-25-7-9-26(32)11-12-27-19-33(28(10-8-25)18-29(27)20-36)40-31-15-23(3)35(38-6)24(4)16-31/h7,9,13-19,36,39-40H,8,10-12,20H2,1-6H3. The van der Waals surface area contributed by atoms with Crippen LogP contribution < -0.4 is 30.7 Å². The van der Waals surface area contributed by atoms with Gasteiger partial charge in [-0.25, -0.2) is 0 Å². The number of hydrogen-bond acceptors (Lipinski definition) is 3. The molecule has 0 saturated heterocycles. The van der Waals surface area contributed by atoms with Crippen LogP contribution in [-0.2, 0) is 32.3 Å². The Hall–Kier alpha value is -2.70. The van der Waals surface area contributed by atoms with Crippen molar-refractivity contribution in [2.45, 2.75) is 60.0 Å². The summed E-state index contributed by atoms with van der Waals surface area (Å²) in [6, 6.07) is 20.9. The van der Waals surface area contributed by atoms with Gasteiger partial charge in [-0.05, 0) is 149 Å². The largest absolute Gasteiger partial charge is 0.496 e. The second kappa shape index (κ2) is 12.4. The molecule has 3 nitrogen and oxygen atoms in total. The predicted molar refractivity (Wildman–Crippen MR) is 174 cm³/mol. The van der Waals surface area contributed by atoms with E-state index in [1.165, 1.54) is 65.7 Å². The number of rotatable bonds is 7. The molecule has 0 spiro atoms. The molecule has 8 rings (SSSR count). The maximum atomic E-state index is 10.3. The van der Waals surface area contributed by atoms with Crippen LogP contribution in [0.15, 0.2) is 54.6 Å². The molecule has 0 aromatic heterocycles. The van der Waals surface area contributed by atoms with Gasteiger partial charge in [-0.2, -0.15) is 0 Å². The lowest BCUT2D eigenvalue weighted by Gasteiger charge is -2.20. The van der Waals surface area contributed by atoms with E-state index in [0.29, 0.717) is 17.2 Å². The van der Waals surface area contributed by atoms with Crippen LogP contribution in [0, 0.1) is 27.7 Å². The molecule has 0 amide bonds. The van der Waals surface area contributed by atoms with E-state index in [0.717, 1.165) is 42.7 Å². The molecule has 4 aliphatic carbocycles. The molecular weight excluding hydrogens is 530 g/mol. The molecule has 2 unspecified atom stereocenters. The highest BCUT2D eigenvalue weighted by atomic mass is 31.1. The normalized spacial score (nSPS) is 13.4. The van der Waals surface area contributed by atoms with E-state index in [1.807, 2.05) is 0 Å². The zero-order valence-corrected chi connectivity index (χ0v) is 26.5. The third kappa shape index (κ3) is 6.13. The van der Waals surface area contributed by atoms with Gasteiger partial charge in [-0.1, -0.05) is 47.5 Å². The summed E-state index contributed by atoms with van der Waals surface area (Å²) in [5.41, 5.74) is 11.2. The van der Waals surface area contributed by atoms with Crippen LogP contribution in [0.25, 0.3) is 0 Å². The first-order valence-electron chi connectivity index (χ1n) is 14.0. The molecule has 0 aliphatic heterocycles. The van der Waals surface area contributed by atoms with Gasteiger partial charge in [0.25, 0.3) is 0 Å². The van der Waals surface area contributed by atoms with Crippen molar-refractivity contribution in [3.05, 3.63) is 105 Å². The molecule has 4 bridgehead atoms. The maximum Gasteiger partial charge on any atom is 0.124 e. The fourth-order valence-electron chi connectivity index (χ4n) is 6.11. The maximum absolute atomic E-state index is 10.3. The zero-order valence-electron chi connectivity index (χ0n) is 24.5. The highest BCUT2D eigenvalue weighted by Gasteiger charge is 2.16. The lowest BCUT2D eigenvalue weighted by Crippen LogP contribution is -2.17. The van der Waals surface area contributed by atoms with Gasteiger partial charge < -0.3 is 14.6 Å². The van der Waals surface area contributed by atoms with Gasteiger partial charge in [0.2, 0.25) is 0 Å². The molecule has 4 aliphatic rings. The van der Waals surface area contributed by atoms with Crippen molar-refractivity contribution in [1.82, 2.24) is 0 Å². The van der Waals surface area contributed by atoms with Crippen LogP contribution in [0.5, 0.6) is 11.5 Å². The van der Waals surface area contributed by atoms with Crippen LogP contribution in [-0.4, -0.2) is 19.3 Å². The number of aliphatic hydroxyl groups excluding tert-OH is 1. The molecule has 0 saturated carbocycles. The number of aryl methyl sites for hydroxylation is 8. The van der Waals surface area contributed by atoms with Gasteiger partial charge in [0.1, 0.15) is 11.5 Å². The first-order valence-corrected chi connectivity index (χ1v) is 16.0. The van der Waals surface area contributed by atoms with Crippen LogP contribution in [0.1, 0.15) is 50.1 Å². The van der Waals surface area contributed by atoms with E-state index in [4.69, 9.17) is 9.47 Å². The summed E-state index contributed by atoms with van der Waals surface area (Å²) in [5, 5.41) is 15.8. The Labute approximate surface area is 242 Å². The van der Waals surface area contributed by atoms with Gasteiger partial charge >= 0.3 is 0 Å². The van der Waals surface area contributed by atoms with E-state index in [9.17, 15) is 5.11 Å². The second-order valence-corrected chi connectivity index (χ2v) is 13.7. The summed E-state index contributed by atoms with van der Waals surface area (Å²) in [6.07, 6.45) is 3.84. The van der Waals surface area contributed by atoms with Crippen molar-refractivity contribution in [2.75, 3.05) is 14.2 Å². The number of methoxy groups -OCH3 is 2. The molecular formula is C35H40O3P2. The van der Waals surface area contributed by atoms with Crippen LogP contribution >= 0.6 is 17.2 Å². The highest BCUT2D eigenvalue weighted by Crippen LogP contribution is 2.29. The van der Waals surface area contributed by atoms with Gasteiger partial charge in [0, 0.05) is 0 Å². The van der Waals surface area contributed by atoms with Gasteiger partial charge in [0.05, 0.1) is 20.8 Å². The smallest absolute Gasteiger partial charge is 0.124 e. The Bertz CT molecular complexity index is 1510. The minimum atomic E-state index is 0.0864. The number of ether oxygens (including phenoxy) is 2. The number of hydrogen-bond donors (Lipinski definition) is 1. The van der Waals surface area contributed by atoms with Gasteiger partial charge in [-0.3, -0.25) is 0 Å². The second-order valence-electron chi connectivity index (χ2n) is 11.0. The monoisotopic (exact) mass is 570 g/mol.